The number of rotatable bonds is 8. The average molecular weight is 589 g/mol. The molecule has 2 aromatic heterocycles. The third-order valence-electron chi connectivity index (χ3n) is 8.70. The molecule has 2 fully saturated rings. The summed E-state index contributed by atoms with van der Waals surface area (Å²) < 4.78 is 2.01. The molecule has 0 spiro atoms. The number of nitrogens with one attached hydrogen (secondary N) is 2. The Hall–Kier alpha value is -5.44. The predicted molar refractivity (Wildman–Crippen MR) is 160 cm³/mol. The largest absolute Gasteiger partial charge is 0.385 e. The minimum atomic E-state index is -0.969. The first-order chi connectivity index (χ1) is 21.4. The van der Waals surface area contributed by atoms with Crippen LogP contribution >= 0.6 is 0 Å². The van der Waals surface area contributed by atoms with Gasteiger partial charge in [-0.15, -0.1) is 0 Å². The first-order valence-corrected chi connectivity index (χ1v) is 14.7. The highest BCUT2D eigenvalue weighted by Gasteiger charge is 2.44. The summed E-state index contributed by atoms with van der Waals surface area (Å²) >= 11 is 0. The molecule has 7 rings (SSSR count). The smallest absolute Gasteiger partial charge is 0.262 e. The summed E-state index contributed by atoms with van der Waals surface area (Å²) in [4.78, 5) is 63.3. The van der Waals surface area contributed by atoms with Gasteiger partial charge in [0.15, 0.2) is 5.69 Å². The summed E-state index contributed by atoms with van der Waals surface area (Å²) in [6.45, 7) is 7.95. The molecule has 0 bridgehead atoms. The van der Waals surface area contributed by atoms with Gasteiger partial charge >= 0.3 is 0 Å². The van der Waals surface area contributed by atoms with Gasteiger partial charge in [-0.05, 0) is 68.4 Å². The van der Waals surface area contributed by atoms with E-state index < -0.39 is 29.7 Å². The Morgan fingerprint density at radius 2 is 1.84 bits per heavy atom. The molecular formula is C32H28N8O4. The second-order valence-electron chi connectivity index (χ2n) is 11.5. The highest BCUT2D eigenvalue weighted by atomic mass is 16.2. The molecule has 1 atom stereocenters. The molecule has 2 aliphatic heterocycles. The molecule has 0 radical (unpaired) electrons. The average Bonchev–Trinajstić information content (AvgIpc) is 3.58. The van der Waals surface area contributed by atoms with Gasteiger partial charge in [0.25, 0.3) is 11.8 Å². The van der Waals surface area contributed by atoms with Crippen molar-refractivity contribution in [2.75, 3.05) is 11.9 Å². The Kier molecular flexibility index (Phi) is 6.85. The molecule has 44 heavy (non-hydrogen) atoms. The van der Waals surface area contributed by atoms with Crippen LogP contribution in [0.2, 0.25) is 0 Å². The molecule has 3 aliphatic rings. The molecule has 4 amide bonds. The van der Waals surface area contributed by atoms with Crippen molar-refractivity contribution in [1.82, 2.24) is 30.0 Å². The number of piperidine rings is 1. The van der Waals surface area contributed by atoms with Crippen LogP contribution < -0.4 is 10.6 Å². The molecular weight excluding hydrogens is 560 g/mol. The van der Waals surface area contributed by atoms with Gasteiger partial charge in [0, 0.05) is 30.4 Å². The van der Waals surface area contributed by atoms with Crippen LogP contribution in [0.15, 0.2) is 55.0 Å². The second-order valence-corrected chi connectivity index (χ2v) is 11.5. The molecule has 12 nitrogen and oxygen atoms in total. The first kappa shape index (κ1) is 27.4. The number of carbonyl (C=O) groups excluding carboxylic acids is 4. The zero-order chi connectivity index (χ0) is 30.4. The van der Waals surface area contributed by atoms with E-state index in [-0.39, 0.29) is 24.0 Å². The third kappa shape index (κ3) is 4.96. The zero-order valence-corrected chi connectivity index (χ0v) is 23.7. The first-order valence-electron chi connectivity index (χ1n) is 14.7. The van der Waals surface area contributed by atoms with Crippen LogP contribution in [0.5, 0.6) is 0 Å². The Labute approximate surface area is 252 Å². The van der Waals surface area contributed by atoms with Crippen LogP contribution in [0.3, 0.4) is 0 Å². The molecule has 1 saturated heterocycles. The molecule has 2 aromatic carbocycles. The molecule has 4 heterocycles. The fraction of sp³-hybridized carbons (Fsp3) is 0.312. The van der Waals surface area contributed by atoms with Gasteiger partial charge in [-0.25, -0.2) is 9.83 Å². The van der Waals surface area contributed by atoms with Gasteiger partial charge in [-0.3, -0.25) is 39.1 Å². The number of fused-ring (bicyclic) bond motifs is 2. The van der Waals surface area contributed by atoms with Gasteiger partial charge in [-0.1, -0.05) is 6.07 Å². The van der Waals surface area contributed by atoms with E-state index in [1.165, 1.54) is 0 Å². The van der Waals surface area contributed by atoms with Crippen LogP contribution in [0.4, 0.5) is 11.4 Å². The van der Waals surface area contributed by atoms with Crippen LogP contribution in [0.25, 0.3) is 27.1 Å². The number of imide groups is 2. The second kappa shape index (κ2) is 11.0. The topological polar surface area (TPSA) is 144 Å². The molecule has 4 aromatic rings. The lowest BCUT2D eigenvalue weighted by atomic mass is 9.77. The summed E-state index contributed by atoms with van der Waals surface area (Å²) in [6.07, 6.45) is 9.89. The molecule has 12 heteroatoms. The van der Waals surface area contributed by atoms with Crippen LogP contribution in [0.1, 0.15) is 65.3 Å². The number of anilines is 1. The maximum atomic E-state index is 13.0. The highest BCUT2D eigenvalue weighted by Crippen LogP contribution is 2.40. The van der Waals surface area contributed by atoms with E-state index in [9.17, 15) is 19.2 Å². The fourth-order valence-corrected chi connectivity index (χ4v) is 6.24. The van der Waals surface area contributed by atoms with Crippen LogP contribution in [-0.4, -0.2) is 60.9 Å². The lowest BCUT2D eigenvalue weighted by molar-refractivity contribution is -0.136. The summed E-state index contributed by atoms with van der Waals surface area (Å²) in [5, 5.41) is 10.1. The lowest BCUT2D eigenvalue weighted by Gasteiger charge is -2.35. The maximum absolute atomic E-state index is 13.0. The van der Waals surface area contributed by atoms with E-state index in [1.54, 1.807) is 42.6 Å². The Balaban J connectivity index is 0.893. The van der Waals surface area contributed by atoms with E-state index in [0.717, 1.165) is 59.6 Å². The van der Waals surface area contributed by atoms with Crippen molar-refractivity contribution in [2.45, 2.75) is 50.6 Å². The summed E-state index contributed by atoms with van der Waals surface area (Å²) in [5.41, 5.74) is 4.89. The lowest BCUT2D eigenvalue weighted by Crippen LogP contribution is -2.54. The van der Waals surface area contributed by atoms with E-state index in [4.69, 9.17) is 6.57 Å². The number of amides is 4. The predicted octanol–water partition coefficient (Wildman–Crippen LogP) is 4.29. The zero-order valence-electron chi connectivity index (χ0n) is 23.7. The fourth-order valence-electron chi connectivity index (χ4n) is 6.24. The number of hydrogen-bond acceptors (Lipinski definition) is 8. The van der Waals surface area contributed by atoms with Gasteiger partial charge in [0.05, 0.1) is 52.9 Å². The number of hydrogen-bond donors (Lipinski definition) is 2. The standard InChI is InChI=1S/C32H28N8O4/c1-33-20-5-7-25-26(14-20)37-27(16-35-25)19-15-36-39(17-19)22-11-18(12-22)3-2-10-34-21-4-6-23-24(13-21)32(44)40(31(23)43)28-8-9-29(41)38-30(28)42/h4-7,13-18,22,28,34H,2-3,8-12H2,(H,38,41,42). The minimum Gasteiger partial charge on any atom is -0.385 e. The van der Waals surface area contributed by atoms with Crippen molar-refractivity contribution in [1.29, 1.82) is 0 Å². The number of carbonyl (C=O) groups is 4. The van der Waals surface area contributed by atoms with E-state index in [1.807, 2.05) is 17.1 Å². The third-order valence-corrected chi connectivity index (χ3v) is 8.70. The van der Waals surface area contributed by atoms with Crippen molar-refractivity contribution < 1.29 is 19.2 Å². The van der Waals surface area contributed by atoms with Gasteiger partial charge in [0.1, 0.15) is 6.04 Å². The number of aromatic nitrogens is 4. The SMILES string of the molecule is [C-]#[N+]c1ccc2ncc(-c3cnn(C4CC(CCCNc5ccc6c(c5)C(=O)N(C5CCC(=O)NC5=O)C6=O)C4)c3)nc2c1. The van der Waals surface area contributed by atoms with E-state index in [0.29, 0.717) is 23.2 Å². The minimum absolute atomic E-state index is 0.0915. The molecule has 220 valence electrons. The Morgan fingerprint density at radius 3 is 2.66 bits per heavy atom. The summed E-state index contributed by atoms with van der Waals surface area (Å²) in [7, 11) is 0. The molecule has 2 N–H and O–H groups in total. The summed E-state index contributed by atoms with van der Waals surface area (Å²) in [5.74, 6) is -1.42. The van der Waals surface area contributed by atoms with Crippen molar-refractivity contribution >= 4 is 46.0 Å². The maximum Gasteiger partial charge on any atom is 0.262 e. The van der Waals surface area contributed by atoms with Crippen LogP contribution in [-0.2, 0) is 9.59 Å². The Bertz CT molecular complexity index is 1890. The van der Waals surface area contributed by atoms with Gasteiger partial charge in [0.2, 0.25) is 11.8 Å². The van der Waals surface area contributed by atoms with Crippen molar-refractivity contribution in [3.8, 4) is 11.3 Å². The van der Waals surface area contributed by atoms with Crippen molar-refractivity contribution in [2.24, 2.45) is 5.92 Å². The quantitative estimate of drug-likeness (QED) is 0.176. The Morgan fingerprint density at radius 1 is 1.00 bits per heavy atom. The monoisotopic (exact) mass is 588 g/mol. The van der Waals surface area contributed by atoms with E-state index in [2.05, 4.69) is 30.5 Å². The van der Waals surface area contributed by atoms with Gasteiger partial charge in [-0.2, -0.15) is 5.10 Å². The molecule has 1 aliphatic carbocycles. The molecule has 1 saturated carbocycles. The highest BCUT2D eigenvalue weighted by molar-refractivity contribution is 6.23. The van der Waals surface area contributed by atoms with Gasteiger partial charge < -0.3 is 5.32 Å². The molecule has 1 unspecified atom stereocenters. The van der Waals surface area contributed by atoms with Crippen molar-refractivity contribution in [3.63, 3.8) is 0 Å². The normalized spacial score (nSPS) is 21.2. The number of nitrogens with zero attached hydrogens (tertiary/aromatic N) is 6. The number of benzene rings is 2. The van der Waals surface area contributed by atoms with Crippen molar-refractivity contribution in [3.05, 3.63) is 77.5 Å². The van der Waals surface area contributed by atoms with Crippen LogP contribution in [0, 0.1) is 12.5 Å². The van der Waals surface area contributed by atoms with E-state index >= 15 is 0 Å². The summed E-state index contributed by atoms with van der Waals surface area (Å²) in [6, 6.07) is 9.73.